The van der Waals surface area contributed by atoms with E-state index in [1.54, 1.807) is 0 Å². The molecular weight excluding hydrogens is 1380 g/mol. The van der Waals surface area contributed by atoms with Gasteiger partial charge in [-0.2, -0.15) is 0 Å². The number of aliphatic hydroxyl groups is 1. The van der Waals surface area contributed by atoms with Gasteiger partial charge in [-0.25, -0.2) is 9.13 Å². The topological polar surface area (TPSA) is 237 Å². The molecule has 0 radical (unpaired) electrons. The van der Waals surface area contributed by atoms with Crippen LogP contribution < -0.4 is 0 Å². The number of hydrogen-bond donors (Lipinski definition) is 3. The number of carbonyl (C=O) groups excluding carboxylic acids is 4. The molecule has 0 aromatic heterocycles. The van der Waals surface area contributed by atoms with E-state index in [1.807, 2.05) is 0 Å². The number of carbonyl (C=O) groups is 4. The summed E-state index contributed by atoms with van der Waals surface area (Å²) in [4.78, 5) is 73.3. The van der Waals surface area contributed by atoms with Gasteiger partial charge in [0.25, 0.3) is 0 Å². The van der Waals surface area contributed by atoms with E-state index in [1.165, 1.54) is 270 Å². The first kappa shape index (κ1) is 104. The first-order valence-corrected chi connectivity index (χ1v) is 47.8. The predicted octanol–water partition coefficient (Wildman–Crippen LogP) is 26.5. The number of ether oxygens (including phenoxy) is 4. The van der Waals surface area contributed by atoms with Crippen LogP contribution >= 0.6 is 15.6 Å². The Morgan fingerprint density at radius 1 is 0.255 bits per heavy atom. The molecule has 5 atom stereocenters. The first-order valence-electron chi connectivity index (χ1n) is 44.8. The molecule has 0 aromatic rings. The fraction of sp³-hybridized carbons (Fsp3) is 0.954. The third-order valence-corrected chi connectivity index (χ3v) is 22.3. The normalized spacial score (nSPS) is 13.9. The lowest BCUT2D eigenvalue weighted by atomic mass is 10.0. The Bertz CT molecular complexity index is 2040. The molecule has 0 rings (SSSR count). The van der Waals surface area contributed by atoms with Gasteiger partial charge in [0.2, 0.25) is 0 Å². The van der Waals surface area contributed by atoms with Crippen LogP contribution in [0.15, 0.2) is 0 Å². The van der Waals surface area contributed by atoms with Gasteiger partial charge < -0.3 is 33.8 Å². The lowest BCUT2D eigenvalue weighted by molar-refractivity contribution is -0.161. The van der Waals surface area contributed by atoms with Gasteiger partial charge in [-0.05, 0) is 43.4 Å². The van der Waals surface area contributed by atoms with Gasteiger partial charge in [0.1, 0.15) is 19.3 Å². The molecule has 2 unspecified atom stereocenters. The second kappa shape index (κ2) is 77.0. The van der Waals surface area contributed by atoms with Crippen LogP contribution in [0.2, 0.25) is 0 Å². The van der Waals surface area contributed by atoms with Crippen molar-refractivity contribution in [2.24, 2.45) is 17.8 Å². The lowest BCUT2D eigenvalue weighted by Gasteiger charge is -2.21. The van der Waals surface area contributed by atoms with Crippen molar-refractivity contribution in [3.8, 4) is 0 Å². The minimum atomic E-state index is -4.97. The van der Waals surface area contributed by atoms with E-state index in [4.69, 9.17) is 37.0 Å². The fourth-order valence-electron chi connectivity index (χ4n) is 13.5. The Balaban J connectivity index is 5.24. The van der Waals surface area contributed by atoms with Crippen molar-refractivity contribution in [1.82, 2.24) is 0 Å². The monoisotopic (exact) mass is 1550 g/mol. The van der Waals surface area contributed by atoms with Gasteiger partial charge in [0.05, 0.1) is 26.4 Å². The zero-order valence-electron chi connectivity index (χ0n) is 69.9. The summed E-state index contributed by atoms with van der Waals surface area (Å²) in [7, 11) is -9.93. The van der Waals surface area contributed by atoms with Crippen molar-refractivity contribution in [1.29, 1.82) is 0 Å². The molecule has 630 valence electrons. The highest BCUT2D eigenvalue weighted by Gasteiger charge is 2.30. The van der Waals surface area contributed by atoms with Crippen molar-refractivity contribution in [3.05, 3.63) is 0 Å². The minimum absolute atomic E-state index is 0.107. The van der Waals surface area contributed by atoms with Gasteiger partial charge in [0.15, 0.2) is 12.2 Å². The lowest BCUT2D eigenvalue weighted by Crippen LogP contribution is -2.30. The molecule has 0 saturated carbocycles. The van der Waals surface area contributed by atoms with Crippen molar-refractivity contribution in [3.63, 3.8) is 0 Å². The molecule has 3 N–H and O–H groups in total. The SMILES string of the molecule is CCCCCCCCCCCCCCCCCCCCCCCC(=O)O[C@H](COC(=O)CCCCCCCCCCCCCCCCC(C)C)COP(=O)(O)OC[C@@H](O)COP(=O)(O)OC[C@@H](COC(=O)CCCCCCCCCCC(C)C)OC(=O)CCCCCCCCCCCCCCCCC(C)C. The van der Waals surface area contributed by atoms with E-state index < -0.39 is 97.5 Å². The molecule has 19 heteroatoms. The van der Waals surface area contributed by atoms with E-state index in [9.17, 15) is 43.2 Å². The maximum absolute atomic E-state index is 13.2. The summed E-state index contributed by atoms with van der Waals surface area (Å²) < 4.78 is 68.9. The highest BCUT2D eigenvalue weighted by Crippen LogP contribution is 2.45. The van der Waals surface area contributed by atoms with Crippen molar-refractivity contribution in [2.45, 2.75) is 478 Å². The number of phosphoric acid groups is 2. The number of phosphoric ester groups is 2. The zero-order valence-corrected chi connectivity index (χ0v) is 71.7. The van der Waals surface area contributed by atoms with E-state index in [0.717, 1.165) is 108 Å². The number of hydrogen-bond acceptors (Lipinski definition) is 15. The van der Waals surface area contributed by atoms with Gasteiger partial charge in [-0.15, -0.1) is 0 Å². The molecule has 0 aliphatic rings. The summed E-state index contributed by atoms with van der Waals surface area (Å²) >= 11 is 0. The summed E-state index contributed by atoms with van der Waals surface area (Å²) in [5, 5.41) is 10.7. The van der Waals surface area contributed by atoms with E-state index in [0.29, 0.717) is 25.7 Å². The Labute approximate surface area is 651 Å². The molecule has 0 bridgehead atoms. The molecule has 0 saturated heterocycles. The van der Waals surface area contributed by atoms with Crippen LogP contribution in [0.1, 0.15) is 459 Å². The summed E-state index contributed by atoms with van der Waals surface area (Å²) in [6, 6.07) is 0. The van der Waals surface area contributed by atoms with Crippen LogP contribution in [0.25, 0.3) is 0 Å². The maximum atomic E-state index is 13.2. The fourth-order valence-corrected chi connectivity index (χ4v) is 15.1. The third-order valence-electron chi connectivity index (χ3n) is 20.4. The number of unbranched alkanes of at least 4 members (excludes halogenated alkanes) is 53. The van der Waals surface area contributed by atoms with Crippen molar-refractivity contribution in [2.75, 3.05) is 39.6 Å². The van der Waals surface area contributed by atoms with Crippen LogP contribution in [0.4, 0.5) is 0 Å². The van der Waals surface area contributed by atoms with Crippen LogP contribution in [-0.4, -0.2) is 96.7 Å². The maximum Gasteiger partial charge on any atom is 0.472 e. The Kier molecular flexibility index (Phi) is 75.6. The van der Waals surface area contributed by atoms with Crippen molar-refractivity contribution >= 4 is 39.5 Å². The average molecular weight is 1550 g/mol. The third kappa shape index (κ3) is 80.1. The molecule has 0 spiro atoms. The first-order chi connectivity index (χ1) is 51.2. The molecule has 0 fully saturated rings. The minimum Gasteiger partial charge on any atom is -0.462 e. The standard InChI is InChI=1S/C87H170O17P2/c1-8-9-10-11-12-13-14-15-16-17-18-19-20-21-22-30-35-40-49-56-63-70-86(91)103-82(74-97-84(89)68-61-54-47-39-34-29-25-23-27-32-37-44-51-58-65-78(2)3)76-101-105(93,94)99-72-81(88)73-100-106(95,96)102-77-83(75-98-85(90)69-62-55-48-43-42-46-53-60-67-80(6)7)104-87(92)71-64-57-50-41-36-31-26-24-28-33-38-45-52-59-66-79(4)5/h78-83,88H,8-77H2,1-7H3,(H,93,94)(H,95,96)/t81-,82-,83-/m1/s1. The molecule has 0 amide bonds. The smallest absolute Gasteiger partial charge is 0.462 e. The van der Waals surface area contributed by atoms with E-state index >= 15 is 0 Å². The van der Waals surface area contributed by atoms with Crippen molar-refractivity contribution < 1.29 is 80.2 Å². The second-order valence-corrected chi connectivity index (χ2v) is 35.6. The summed E-state index contributed by atoms with van der Waals surface area (Å²) in [5.41, 5.74) is 0. The average Bonchev–Trinajstić information content (AvgIpc) is 0.903. The molecule has 17 nitrogen and oxygen atoms in total. The van der Waals surface area contributed by atoms with Crippen LogP contribution in [0, 0.1) is 17.8 Å². The van der Waals surface area contributed by atoms with Crippen LogP contribution in [0.5, 0.6) is 0 Å². The van der Waals surface area contributed by atoms with Gasteiger partial charge in [0, 0.05) is 25.7 Å². The molecule has 0 aromatic carbocycles. The largest absolute Gasteiger partial charge is 0.472 e. The quantitative estimate of drug-likeness (QED) is 0.0222. The van der Waals surface area contributed by atoms with Crippen LogP contribution in [-0.2, 0) is 65.4 Å². The van der Waals surface area contributed by atoms with E-state index in [-0.39, 0.29) is 25.7 Å². The van der Waals surface area contributed by atoms with Gasteiger partial charge >= 0.3 is 39.5 Å². The highest BCUT2D eigenvalue weighted by atomic mass is 31.2. The number of rotatable bonds is 85. The molecular formula is C87H170O17P2. The van der Waals surface area contributed by atoms with Crippen LogP contribution in [0.3, 0.4) is 0 Å². The van der Waals surface area contributed by atoms with Gasteiger partial charge in [-0.1, -0.05) is 408 Å². The highest BCUT2D eigenvalue weighted by molar-refractivity contribution is 7.47. The Hall–Kier alpha value is -1.94. The summed E-state index contributed by atoms with van der Waals surface area (Å²) in [6.07, 6.45) is 68.1. The Morgan fingerprint density at radius 3 is 0.642 bits per heavy atom. The van der Waals surface area contributed by atoms with E-state index in [2.05, 4.69) is 48.5 Å². The Morgan fingerprint density at radius 2 is 0.434 bits per heavy atom. The number of esters is 4. The predicted molar refractivity (Wildman–Crippen MR) is 437 cm³/mol. The number of aliphatic hydroxyl groups excluding tert-OH is 1. The summed E-state index contributed by atoms with van der Waals surface area (Å²) in [6.45, 7) is 12.0. The summed E-state index contributed by atoms with van der Waals surface area (Å²) in [5.74, 6) is 0.216. The molecule has 106 heavy (non-hydrogen) atoms. The molecule has 0 heterocycles. The molecule has 0 aliphatic carbocycles. The zero-order chi connectivity index (χ0) is 77.9. The van der Waals surface area contributed by atoms with Gasteiger partial charge in [-0.3, -0.25) is 37.3 Å². The molecule has 0 aliphatic heterocycles. The second-order valence-electron chi connectivity index (χ2n) is 32.7.